The van der Waals surface area contributed by atoms with Crippen molar-refractivity contribution >= 4 is 5.97 Å². The van der Waals surface area contributed by atoms with Gasteiger partial charge in [0.1, 0.15) is 6.10 Å². The third kappa shape index (κ3) is 2.91. The van der Waals surface area contributed by atoms with E-state index in [2.05, 4.69) is 11.8 Å². The number of esters is 1. The second-order valence-electron chi connectivity index (χ2n) is 5.07. The molecule has 1 aliphatic heterocycles. The molecular formula is C15H21NO2. The first-order valence-corrected chi connectivity index (χ1v) is 6.59. The van der Waals surface area contributed by atoms with E-state index in [1.54, 1.807) is 0 Å². The van der Waals surface area contributed by atoms with Crippen LogP contribution in [-0.4, -0.2) is 37.1 Å². The molecule has 3 heteroatoms. The van der Waals surface area contributed by atoms with E-state index in [1.165, 1.54) is 5.56 Å². The van der Waals surface area contributed by atoms with Gasteiger partial charge in [0.25, 0.3) is 0 Å². The average molecular weight is 247 g/mol. The first-order valence-electron chi connectivity index (χ1n) is 6.59. The lowest BCUT2D eigenvalue weighted by Crippen LogP contribution is -2.22. The van der Waals surface area contributed by atoms with Crippen molar-refractivity contribution in [3.8, 4) is 0 Å². The molecule has 3 nitrogen and oxygen atoms in total. The minimum absolute atomic E-state index is 0.0497. The van der Waals surface area contributed by atoms with Crippen LogP contribution in [0.4, 0.5) is 0 Å². The molecule has 2 rings (SSSR count). The second-order valence-corrected chi connectivity index (χ2v) is 5.07. The topological polar surface area (TPSA) is 29.5 Å². The smallest absolute Gasteiger partial charge is 0.338 e. The lowest BCUT2D eigenvalue weighted by atomic mass is 10.0. The number of benzene rings is 1. The molecule has 18 heavy (non-hydrogen) atoms. The van der Waals surface area contributed by atoms with Gasteiger partial charge in [0.2, 0.25) is 0 Å². The number of ether oxygens (including phenoxy) is 1. The highest BCUT2D eigenvalue weighted by molar-refractivity contribution is 5.89. The lowest BCUT2D eigenvalue weighted by Gasteiger charge is -2.13. The van der Waals surface area contributed by atoms with Gasteiger partial charge < -0.3 is 9.64 Å². The fraction of sp³-hybridized carbons (Fsp3) is 0.533. The van der Waals surface area contributed by atoms with Crippen molar-refractivity contribution in [1.82, 2.24) is 4.90 Å². The predicted octanol–water partition coefficient (Wildman–Crippen LogP) is 2.42. The van der Waals surface area contributed by atoms with Gasteiger partial charge in [0, 0.05) is 13.1 Å². The average Bonchev–Trinajstić information content (AvgIpc) is 2.74. The Hall–Kier alpha value is -1.35. The van der Waals surface area contributed by atoms with Gasteiger partial charge in [-0.1, -0.05) is 13.0 Å². The Morgan fingerprint density at radius 3 is 2.83 bits per heavy atom. The van der Waals surface area contributed by atoms with Gasteiger partial charge in [-0.25, -0.2) is 4.79 Å². The summed E-state index contributed by atoms with van der Waals surface area (Å²) in [7, 11) is 2.05. The Bertz CT molecular complexity index is 442. The van der Waals surface area contributed by atoms with Gasteiger partial charge in [0.05, 0.1) is 5.56 Å². The number of aryl methyl sites for hydroxylation is 2. The molecule has 1 fully saturated rings. The minimum Gasteiger partial charge on any atom is -0.457 e. The third-order valence-corrected chi connectivity index (χ3v) is 3.58. The predicted molar refractivity (Wildman–Crippen MR) is 71.9 cm³/mol. The van der Waals surface area contributed by atoms with Gasteiger partial charge in [-0.15, -0.1) is 0 Å². The van der Waals surface area contributed by atoms with Crippen LogP contribution in [0, 0.1) is 6.92 Å². The van der Waals surface area contributed by atoms with Crippen molar-refractivity contribution in [2.24, 2.45) is 0 Å². The van der Waals surface area contributed by atoms with Crippen molar-refractivity contribution in [3.05, 3.63) is 34.9 Å². The van der Waals surface area contributed by atoms with Crippen molar-refractivity contribution in [2.45, 2.75) is 32.8 Å². The summed E-state index contributed by atoms with van der Waals surface area (Å²) >= 11 is 0. The molecule has 0 aliphatic carbocycles. The van der Waals surface area contributed by atoms with Crippen molar-refractivity contribution in [1.29, 1.82) is 0 Å². The number of likely N-dealkylation sites (N-methyl/N-ethyl adjacent to an activating group) is 1. The van der Waals surface area contributed by atoms with E-state index < -0.39 is 0 Å². The van der Waals surface area contributed by atoms with Crippen LogP contribution in [0.15, 0.2) is 18.2 Å². The van der Waals surface area contributed by atoms with Crippen molar-refractivity contribution in [3.63, 3.8) is 0 Å². The maximum atomic E-state index is 12.0. The Balaban J connectivity index is 2.02. The van der Waals surface area contributed by atoms with Gasteiger partial charge in [0.15, 0.2) is 0 Å². The summed E-state index contributed by atoms with van der Waals surface area (Å²) in [4.78, 5) is 14.2. The number of carbonyl (C=O) groups is 1. The van der Waals surface area contributed by atoms with Crippen LogP contribution < -0.4 is 0 Å². The molecule has 1 aliphatic rings. The molecule has 98 valence electrons. The number of hydrogen-bond acceptors (Lipinski definition) is 3. The number of likely N-dealkylation sites (tertiary alicyclic amines) is 1. The maximum absolute atomic E-state index is 12.0. The summed E-state index contributed by atoms with van der Waals surface area (Å²) in [5.74, 6) is -0.193. The number of nitrogens with zero attached hydrogens (tertiary/aromatic N) is 1. The molecule has 1 saturated heterocycles. The van der Waals surface area contributed by atoms with Gasteiger partial charge in [-0.05, 0) is 50.1 Å². The minimum atomic E-state index is -0.193. The zero-order chi connectivity index (χ0) is 13.1. The van der Waals surface area contributed by atoms with E-state index in [1.807, 2.05) is 32.2 Å². The summed E-state index contributed by atoms with van der Waals surface area (Å²) in [6.07, 6.45) is 1.98. The number of carbonyl (C=O) groups excluding carboxylic acids is 1. The highest BCUT2D eigenvalue weighted by Crippen LogP contribution is 2.16. The molecule has 1 unspecified atom stereocenters. The zero-order valence-electron chi connectivity index (χ0n) is 11.4. The van der Waals surface area contributed by atoms with Crippen molar-refractivity contribution < 1.29 is 9.53 Å². The number of hydrogen-bond donors (Lipinski definition) is 0. The fourth-order valence-corrected chi connectivity index (χ4v) is 2.43. The summed E-state index contributed by atoms with van der Waals surface area (Å²) in [5.41, 5.74) is 3.11. The zero-order valence-corrected chi connectivity index (χ0v) is 11.4. The van der Waals surface area contributed by atoms with E-state index in [9.17, 15) is 4.79 Å². The molecule has 0 saturated carbocycles. The second kappa shape index (κ2) is 5.53. The highest BCUT2D eigenvalue weighted by atomic mass is 16.5. The molecule has 0 bridgehead atoms. The number of rotatable bonds is 3. The molecule has 0 spiro atoms. The standard InChI is InChI=1S/C15H21NO2/c1-4-12-5-6-13(9-11(12)2)15(17)18-14-7-8-16(3)10-14/h5-6,9,14H,4,7-8,10H2,1-3H3. The van der Waals surface area contributed by atoms with Crippen LogP contribution in [0.2, 0.25) is 0 Å². The summed E-state index contributed by atoms with van der Waals surface area (Å²) < 4.78 is 5.52. The maximum Gasteiger partial charge on any atom is 0.338 e. The Kier molecular flexibility index (Phi) is 4.02. The molecular weight excluding hydrogens is 226 g/mol. The van der Waals surface area contributed by atoms with Gasteiger partial charge >= 0.3 is 5.97 Å². The molecule has 1 aromatic carbocycles. The summed E-state index contributed by atoms with van der Waals surface area (Å²) in [6.45, 7) is 6.01. The molecule has 1 heterocycles. The van der Waals surface area contributed by atoms with Crippen LogP contribution in [0.25, 0.3) is 0 Å². The first-order chi connectivity index (χ1) is 8.60. The fourth-order valence-electron chi connectivity index (χ4n) is 2.43. The molecule has 0 N–H and O–H groups in total. The third-order valence-electron chi connectivity index (χ3n) is 3.58. The molecule has 0 radical (unpaired) electrons. The van der Waals surface area contributed by atoms with E-state index in [4.69, 9.17) is 4.74 Å². The Labute approximate surface area is 109 Å². The largest absolute Gasteiger partial charge is 0.457 e. The van der Waals surface area contributed by atoms with Crippen LogP contribution >= 0.6 is 0 Å². The van der Waals surface area contributed by atoms with Crippen molar-refractivity contribution in [2.75, 3.05) is 20.1 Å². The summed E-state index contributed by atoms with van der Waals surface area (Å²) in [6, 6.07) is 5.82. The van der Waals surface area contributed by atoms with Crippen LogP contribution in [0.3, 0.4) is 0 Å². The van der Waals surface area contributed by atoms with E-state index in [-0.39, 0.29) is 12.1 Å². The molecule has 1 atom stereocenters. The van der Waals surface area contributed by atoms with Crippen LogP contribution in [0.5, 0.6) is 0 Å². The molecule has 1 aromatic rings. The summed E-state index contributed by atoms with van der Waals surface area (Å²) in [5, 5.41) is 0. The van der Waals surface area contributed by atoms with Gasteiger partial charge in [-0.3, -0.25) is 0 Å². The quantitative estimate of drug-likeness (QED) is 0.768. The Morgan fingerprint density at radius 2 is 2.28 bits per heavy atom. The highest BCUT2D eigenvalue weighted by Gasteiger charge is 2.23. The molecule has 0 aromatic heterocycles. The van der Waals surface area contributed by atoms with E-state index in [0.717, 1.165) is 31.5 Å². The van der Waals surface area contributed by atoms with Crippen LogP contribution in [-0.2, 0) is 11.2 Å². The monoisotopic (exact) mass is 247 g/mol. The van der Waals surface area contributed by atoms with Gasteiger partial charge in [-0.2, -0.15) is 0 Å². The molecule has 0 amide bonds. The van der Waals surface area contributed by atoms with E-state index >= 15 is 0 Å². The SMILES string of the molecule is CCc1ccc(C(=O)OC2CCN(C)C2)cc1C. The lowest BCUT2D eigenvalue weighted by molar-refractivity contribution is 0.0327. The van der Waals surface area contributed by atoms with E-state index in [0.29, 0.717) is 5.56 Å². The Morgan fingerprint density at radius 1 is 1.50 bits per heavy atom. The van der Waals surface area contributed by atoms with Crippen LogP contribution in [0.1, 0.15) is 34.8 Å². The first kappa shape index (κ1) is 13.1. The normalized spacial score (nSPS) is 20.1.